The summed E-state index contributed by atoms with van der Waals surface area (Å²) in [5, 5.41) is 15.4. The molecule has 2 N–H and O–H groups in total. The quantitative estimate of drug-likeness (QED) is 0.867. The number of hydrogen-bond acceptors (Lipinski definition) is 4. The van der Waals surface area contributed by atoms with Crippen LogP contribution in [0, 0.1) is 12.7 Å². The third-order valence-electron chi connectivity index (χ3n) is 3.14. The van der Waals surface area contributed by atoms with Crippen LogP contribution in [0.2, 0.25) is 0 Å². The average Bonchev–Trinajstić information content (AvgIpc) is 2.80. The minimum absolute atomic E-state index is 0.0108. The first-order chi connectivity index (χ1) is 9.86. The van der Waals surface area contributed by atoms with Gasteiger partial charge in [0.15, 0.2) is 5.03 Å². The lowest BCUT2D eigenvalue weighted by molar-refractivity contribution is 0.277. The number of sulfonamides is 1. The van der Waals surface area contributed by atoms with Gasteiger partial charge in [-0.25, -0.2) is 12.8 Å². The van der Waals surface area contributed by atoms with Crippen molar-refractivity contribution in [2.45, 2.75) is 25.1 Å². The van der Waals surface area contributed by atoms with Crippen LogP contribution in [0.15, 0.2) is 29.3 Å². The topological polar surface area (TPSA) is 86.3 Å². The van der Waals surface area contributed by atoms with E-state index >= 15 is 0 Å². The molecule has 0 aliphatic carbocycles. The molecule has 2 aromatic rings. The highest BCUT2D eigenvalue weighted by atomic mass is 32.2. The van der Waals surface area contributed by atoms with Crippen molar-refractivity contribution in [2.24, 2.45) is 0 Å². The molecule has 0 spiro atoms. The van der Waals surface area contributed by atoms with Gasteiger partial charge in [-0.2, -0.15) is 9.40 Å². The SMILES string of the molecule is Cc1[nH]nc(S(=O)(=O)N(C)Cc2cccc(F)c2)c1CO. The van der Waals surface area contributed by atoms with Crippen LogP contribution >= 0.6 is 0 Å². The highest BCUT2D eigenvalue weighted by Gasteiger charge is 2.28. The minimum Gasteiger partial charge on any atom is -0.392 e. The molecule has 1 heterocycles. The zero-order valence-electron chi connectivity index (χ0n) is 11.7. The molecule has 2 rings (SSSR count). The van der Waals surface area contributed by atoms with Crippen LogP contribution in [0.3, 0.4) is 0 Å². The largest absolute Gasteiger partial charge is 0.392 e. The van der Waals surface area contributed by atoms with Crippen molar-refractivity contribution in [3.63, 3.8) is 0 Å². The third kappa shape index (κ3) is 3.12. The van der Waals surface area contributed by atoms with Gasteiger partial charge in [0.2, 0.25) is 0 Å². The molecule has 0 aliphatic heterocycles. The Morgan fingerprint density at radius 2 is 2.14 bits per heavy atom. The van der Waals surface area contributed by atoms with Crippen LogP contribution in [-0.2, 0) is 23.2 Å². The summed E-state index contributed by atoms with van der Waals surface area (Å²) in [7, 11) is -2.48. The molecule has 0 atom stereocenters. The highest BCUT2D eigenvalue weighted by Crippen LogP contribution is 2.21. The fourth-order valence-corrected chi connectivity index (χ4v) is 3.26. The van der Waals surface area contributed by atoms with Crippen LogP contribution < -0.4 is 0 Å². The van der Waals surface area contributed by atoms with Crippen molar-refractivity contribution in [2.75, 3.05) is 7.05 Å². The Morgan fingerprint density at radius 1 is 1.43 bits per heavy atom. The second-order valence-corrected chi connectivity index (χ2v) is 6.64. The number of aromatic nitrogens is 2. The van der Waals surface area contributed by atoms with Gasteiger partial charge < -0.3 is 5.11 Å². The summed E-state index contributed by atoms with van der Waals surface area (Å²) in [4.78, 5) is 0. The van der Waals surface area contributed by atoms with Gasteiger partial charge in [0, 0.05) is 24.8 Å². The Morgan fingerprint density at radius 3 is 2.76 bits per heavy atom. The van der Waals surface area contributed by atoms with E-state index < -0.39 is 22.4 Å². The maximum absolute atomic E-state index is 13.1. The van der Waals surface area contributed by atoms with Gasteiger partial charge in [-0.1, -0.05) is 12.1 Å². The van der Waals surface area contributed by atoms with E-state index in [-0.39, 0.29) is 17.1 Å². The van der Waals surface area contributed by atoms with Gasteiger partial charge in [0.1, 0.15) is 5.82 Å². The predicted octanol–water partition coefficient (Wildman–Crippen LogP) is 1.17. The van der Waals surface area contributed by atoms with Gasteiger partial charge in [0.25, 0.3) is 10.0 Å². The Kier molecular flexibility index (Phi) is 4.40. The number of benzene rings is 1. The number of nitrogens with one attached hydrogen (secondary N) is 1. The van der Waals surface area contributed by atoms with Crippen LogP contribution in [0.1, 0.15) is 16.8 Å². The number of aliphatic hydroxyl groups excluding tert-OH is 1. The fraction of sp³-hybridized carbons (Fsp3) is 0.308. The van der Waals surface area contributed by atoms with Crippen LogP contribution in [-0.4, -0.2) is 35.1 Å². The predicted molar refractivity (Wildman–Crippen MR) is 74.3 cm³/mol. The number of hydrogen-bond donors (Lipinski definition) is 2. The summed E-state index contributed by atoms with van der Waals surface area (Å²) in [6.07, 6.45) is 0. The Hall–Kier alpha value is -1.77. The molecule has 1 aromatic heterocycles. The molecular weight excluding hydrogens is 297 g/mol. The van der Waals surface area contributed by atoms with Crippen LogP contribution in [0.4, 0.5) is 4.39 Å². The van der Waals surface area contributed by atoms with E-state index in [0.29, 0.717) is 11.3 Å². The second-order valence-electron chi connectivity index (χ2n) is 4.68. The van der Waals surface area contributed by atoms with Gasteiger partial charge in [0.05, 0.1) is 6.61 Å². The number of aliphatic hydroxyl groups is 1. The lowest BCUT2D eigenvalue weighted by Crippen LogP contribution is -2.27. The number of aromatic amines is 1. The summed E-state index contributed by atoms with van der Waals surface area (Å²) in [5.74, 6) is -0.426. The Balaban J connectivity index is 2.30. The Labute approximate surface area is 122 Å². The lowest BCUT2D eigenvalue weighted by Gasteiger charge is -2.16. The van der Waals surface area contributed by atoms with Crippen molar-refractivity contribution < 1.29 is 17.9 Å². The summed E-state index contributed by atoms with van der Waals surface area (Å²) in [6.45, 7) is 1.21. The van der Waals surface area contributed by atoms with E-state index in [1.807, 2.05) is 0 Å². The van der Waals surface area contributed by atoms with E-state index in [2.05, 4.69) is 10.2 Å². The van der Waals surface area contributed by atoms with Gasteiger partial charge >= 0.3 is 0 Å². The van der Waals surface area contributed by atoms with Crippen LogP contribution in [0.25, 0.3) is 0 Å². The molecule has 0 aliphatic rings. The summed E-state index contributed by atoms with van der Waals surface area (Å²) in [6, 6.07) is 5.72. The molecular formula is C13H16FN3O3S. The minimum atomic E-state index is -3.86. The first-order valence-electron chi connectivity index (χ1n) is 6.21. The monoisotopic (exact) mass is 313 g/mol. The van der Waals surface area contributed by atoms with Crippen molar-refractivity contribution in [1.82, 2.24) is 14.5 Å². The number of halogens is 1. The lowest BCUT2D eigenvalue weighted by atomic mass is 10.2. The molecule has 0 saturated heterocycles. The molecule has 0 radical (unpaired) electrons. The normalized spacial score (nSPS) is 12.0. The van der Waals surface area contributed by atoms with Gasteiger partial charge in [-0.3, -0.25) is 5.10 Å². The highest BCUT2D eigenvalue weighted by molar-refractivity contribution is 7.89. The maximum atomic E-state index is 13.1. The molecule has 0 bridgehead atoms. The molecule has 114 valence electrons. The smallest absolute Gasteiger partial charge is 0.262 e. The third-order valence-corrected chi connectivity index (χ3v) is 4.92. The molecule has 0 amide bonds. The number of rotatable bonds is 5. The molecule has 8 heteroatoms. The van der Waals surface area contributed by atoms with Gasteiger partial charge in [-0.15, -0.1) is 0 Å². The Bertz CT molecular complexity index is 743. The zero-order valence-corrected chi connectivity index (χ0v) is 12.5. The second kappa shape index (κ2) is 5.92. The van der Waals surface area contributed by atoms with E-state index in [1.54, 1.807) is 13.0 Å². The molecule has 21 heavy (non-hydrogen) atoms. The molecule has 1 aromatic carbocycles. The average molecular weight is 313 g/mol. The van der Waals surface area contributed by atoms with E-state index in [0.717, 1.165) is 4.31 Å². The molecule has 0 fully saturated rings. The number of nitrogens with zero attached hydrogens (tertiary/aromatic N) is 2. The first kappa shape index (κ1) is 15.6. The van der Waals surface area contributed by atoms with Crippen molar-refractivity contribution in [1.29, 1.82) is 0 Å². The van der Waals surface area contributed by atoms with Crippen molar-refractivity contribution in [3.8, 4) is 0 Å². The molecule has 0 unspecified atom stereocenters. The summed E-state index contributed by atoms with van der Waals surface area (Å²) < 4.78 is 39.1. The number of aryl methyl sites for hydroxylation is 1. The molecule has 6 nitrogen and oxygen atoms in total. The first-order valence-corrected chi connectivity index (χ1v) is 7.65. The van der Waals surface area contributed by atoms with E-state index in [1.165, 1.54) is 25.2 Å². The summed E-state index contributed by atoms with van der Waals surface area (Å²) >= 11 is 0. The summed E-state index contributed by atoms with van der Waals surface area (Å²) in [5.41, 5.74) is 1.26. The maximum Gasteiger partial charge on any atom is 0.262 e. The van der Waals surface area contributed by atoms with Crippen molar-refractivity contribution in [3.05, 3.63) is 46.9 Å². The van der Waals surface area contributed by atoms with E-state index in [9.17, 15) is 17.9 Å². The van der Waals surface area contributed by atoms with Crippen LogP contribution in [0.5, 0.6) is 0 Å². The van der Waals surface area contributed by atoms with Gasteiger partial charge in [-0.05, 0) is 24.6 Å². The van der Waals surface area contributed by atoms with Crippen molar-refractivity contribution >= 4 is 10.0 Å². The standard InChI is InChI=1S/C13H16FN3O3S/c1-9-12(8-18)13(16-15-9)21(19,20)17(2)7-10-4-3-5-11(14)6-10/h3-6,18H,7-8H2,1-2H3,(H,15,16). The number of H-pyrrole nitrogens is 1. The fourth-order valence-electron chi connectivity index (χ4n) is 1.95. The zero-order chi connectivity index (χ0) is 15.6. The van der Waals surface area contributed by atoms with E-state index in [4.69, 9.17) is 0 Å². The molecule has 0 saturated carbocycles.